The number of nitrogens with zero attached hydrogens (tertiary/aromatic N) is 3. The van der Waals surface area contributed by atoms with Crippen molar-refractivity contribution in [1.82, 2.24) is 15.3 Å². The molecule has 30 heavy (non-hydrogen) atoms. The highest BCUT2D eigenvalue weighted by Gasteiger charge is 2.15. The molecule has 0 spiro atoms. The molecule has 1 heterocycles. The molecule has 0 saturated carbocycles. The summed E-state index contributed by atoms with van der Waals surface area (Å²) >= 11 is 0. The Hall–Kier alpha value is -4.52. The summed E-state index contributed by atoms with van der Waals surface area (Å²) in [5.41, 5.74) is 4.26. The number of carbonyl (C=O) groups excluding carboxylic acids is 2. The Morgan fingerprint density at radius 2 is 1.93 bits per heavy atom. The summed E-state index contributed by atoms with van der Waals surface area (Å²) in [6.45, 7) is 1.66. The second-order valence-corrected chi connectivity index (χ2v) is 5.87. The van der Waals surface area contributed by atoms with E-state index in [1.807, 2.05) is 17.4 Å². The number of anilines is 1. The van der Waals surface area contributed by atoms with Crippen LogP contribution in [-0.4, -0.2) is 34.3 Å². The van der Waals surface area contributed by atoms with Crippen LogP contribution >= 0.6 is 0 Å². The highest BCUT2D eigenvalue weighted by Crippen LogP contribution is 2.18. The molecule has 0 aliphatic carbocycles. The van der Waals surface area contributed by atoms with Crippen molar-refractivity contribution in [2.45, 2.75) is 6.92 Å². The van der Waals surface area contributed by atoms with Crippen LogP contribution in [-0.2, 0) is 9.53 Å². The molecular formula is C20H16N6O4. The average molecular weight is 404 g/mol. The number of aromatic nitrogens is 2. The van der Waals surface area contributed by atoms with Crippen LogP contribution in [0.4, 0.5) is 10.5 Å². The first kappa shape index (κ1) is 20.2. The lowest BCUT2D eigenvalue weighted by atomic mass is 10.1. The SMILES string of the molecule is CCOC(=O)NC(=O)/C(C#N)=N/Nc1ccc(-c2nc3ccccc3[nH]c2=O)cc1. The number of carbonyl (C=O) groups is 2. The number of alkyl carbamates (subject to hydrolysis) is 1. The maximum atomic E-state index is 12.3. The van der Waals surface area contributed by atoms with Gasteiger partial charge in [0.1, 0.15) is 11.8 Å². The number of hydrazone groups is 1. The third-order valence-corrected chi connectivity index (χ3v) is 3.87. The van der Waals surface area contributed by atoms with Crippen molar-refractivity contribution in [2.75, 3.05) is 12.0 Å². The van der Waals surface area contributed by atoms with Gasteiger partial charge in [-0.05, 0) is 31.2 Å². The predicted molar refractivity (Wildman–Crippen MR) is 110 cm³/mol. The van der Waals surface area contributed by atoms with Gasteiger partial charge in [0.25, 0.3) is 11.5 Å². The molecule has 0 aliphatic heterocycles. The second-order valence-electron chi connectivity index (χ2n) is 5.87. The van der Waals surface area contributed by atoms with Crippen molar-refractivity contribution in [3.63, 3.8) is 0 Å². The summed E-state index contributed by atoms with van der Waals surface area (Å²) in [6.07, 6.45) is -0.970. The highest BCUT2D eigenvalue weighted by molar-refractivity contribution is 6.46. The zero-order valence-electron chi connectivity index (χ0n) is 15.8. The number of imide groups is 1. The molecule has 10 nitrogen and oxygen atoms in total. The third-order valence-electron chi connectivity index (χ3n) is 3.87. The van der Waals surface area contributed by atoms with E-state index in [1.165, 1.54) is 0 Å². The van der Waals surface area contributed by atoms with Gasteiger partial charge in [-0.2, -0.15) is 10.4 Å². The summed E-state index contributed by atoms with van der Waals surface area (Å²) in [5.74, 6) is -0.994. The number of nitriles is 1. The first-order valence-corrected chi connectivity index (χ1v) is 8.83. The normalized spacial score (nSPS) is 10.9. The first-order valence-electron chi connectivity index (χ1n) is 8.83. The van der Waals surface area contributed by atoms with Crippen LogP contribution in [0.25, 0.3) is 22.3 Å². The Balaban J connectivity index is 1.76. The lowest BCUT2D eigenvalue weighted by Crippen LogP contribution is -2.36. The van der Waals surface area contributed by atoms with Gasteiger partial charge >= 0.3 is 6.09 Å². The highest BCUT2D eigenvalue weighted by atomic mass is 16.5. The monoisotopic (exact) mass is 404 g/mol. The zero-order chi connectivity index (χ0) is 21.5. The fourth-order valence-corrected chi connectivity index (χ4v) is 2.49. The number of H-pyrrole nitrogens is 1. The van der Waals surface area contributed by atoms with Crippen molar-refractivity contribution in [3.8, 4) is 17.3 Å². The summed E-state index contributed by atoms with van der Waals surface area (Å²) in [6, 6.07) is 15.3. The van der Waals surface area contributed by atoms with E-state index >= 15 is 0 Å². The van der Waals surface area contributed by atoms with Gasteiger partial charge in [0.05, 0.1) is 23.3 Å². The molecular weight excluding hydrogens is 388 g/mol. The molecule has 0 bridgehead atoms. The molecule has 0 aliphatic rings. The number of hydrogen-bond donors (Lipinski definition) is 3. The van der Waals surface area contributed by atoms with Gasteiger partial charge in [0.15, 0.2) is 0 Å². The quantitative estimate of drug-likeness (QED) is 0.435. The fraction of sp³-hybridized carbons (Fsp3) is 0.100. The molecule has 10 heteroatoms. The number of nitrogens with one attached hydrogen (secondary N) is 3. The van der Waals surface area contributed by atoms with Gasteiger partial charge in [-0.1, -0.05) is 24.3 Å². The Kier molecular flexibility index (Phi) is 6.14. The van der Waals surface area contributed by atoms with Crippen LogP contribution in [0.2, 0.25) is 0 Å². The van der Waals surface area contributed by atoms with E-state index in [9.17, 15) is 14.4 Å². The molecule has 2 aromatic carbocycles. The molecule has 0 atom stereocenters. The molecule has 150 valence electrons. The average Bonchev–Trinajstić information content (AvgIpc) is 2.74. The first-order chi connectivity index (χ1) is 14.5. The maximum absolute atomic E-state index is 12.3. The van der Waals surface area contributed by atoms with Crippen molar-refractivity contribution in [2.24, 2.45) is 5.10 Å². The predicted octanol–water partition coefficient (Wildman–Crippen LogP) is 2.15. The largest absolute Gasteiger partial charge is 0.450 e. The van der Waals surface area contributed by atoms with Crippen LogP contribution in [0.1, 0.15) is 6.92 Å². The van der Waals surface area contributed by atoms with E-state index in [0.717, 1.165) is 0 Å². The lowest BCUT2D eigenvalue weighted by molar-refractivity contribution is -0.114. The Labute approximate surface area is 170 Å². The molecule has 3 rings (SSSR count). The molecule has 0 radical (unpaired) electrons. The van der Waals surface area contributed by atoms with Crippen molar-refractivity contribution in [1.29, 1.82) is 5.26 Å². The van der Waals surface area contributed by atoms with E-state index in [1.54, 1.807) is 49.4 Å². The van der Waals surface area contributed by atoms with Crippen LogP contribution < -0.4 is 16.3 Å². The number of aromatic amines is 1. The van der Waals surface area contributed by atoms with E-state index in [2.05, 4.69) is 25.2 Å². The van der Waals surface area contributed by atoms with Crippen LogP contribution in [0, 0.1) is 11.3 Å². The number of para-hydroxylation sites is 2. The van der Waals surface area contributed by atoms with E-state index in [0.29, 0.717) is 22.3 Å². The lowest BCUT2D eigenvalue weighted by Gasteiger charge is -2.05. The van der Waals surface area contributed by atoms with Gasteiger partial charge < -0.3 is 9.72 Å². The number of benzene rings is 2. The van der Waals surface area contributed by atoms with Crippen molar-refractivity contribution < 1.29 is 14.3 Å². The number of amides is 2. The van der Waals surface area contributed by atoms with E-state index < -0.39 is 17.7 Å². The Morgan fingerprint density at radius 3 is 2.63 bits per heavy atom. The molecule has 3 aromatic rings. The second kappa shape index (κ2) is 9.11. The number of fused-ring (bicyclic) bond motifs is 1. The fourth-order valence-electron chi connectivity index (χ4n) is 2.49. The summed E-state index contributed by atoms with van der Waals surface area (Å²) in [7, 11) is 0. The number of ether oxygens (including phenoxy) is 1. The minimum Gasteiger partial charge on any atom is -0.450 e. The molecule has 2 amide bonds. The maximum Gasteiger partial charge on any atom is 0.414 e. The van der Waals surface area contributed by atoms with Gasteiger partial charge in [0.2, 0.25) is 5.71 Å². The minimum atomic E-state index is -0.994. The standard InChI is InChI=1S/C20H16N6O4/c1-2-30-20(29)24-18(27)16(11-21)26-25-13-9-7-12(8-10-13)17-19(28)23-15-6-4-3-5-14(15)22-17/h3-10,25H,2H2,1H3,(H,23,28)(H,24,27,29)/b26-16+. The van der Waals surface area contributed by atoms with Gasteiger partial charge in [-0.15, -0.1) is 0 Å². The van der Waals surface area contributed by atoms with Gasteiger partial charge in [0, 0.05) is 5.56 Å². The van der Waals surface area contributed by atoms with Gasteiger partial charge in [-0.25, -0.2) is 9.78 Å². The summed E-state index contributed by atoms with van der Waals surface area (Å²) in [4.78, 5) is 42.6. The summed E-state index contributed by atoms with van der Waals surface area (Å²) < 4.78 is 4.57. The van der Waals surface area contributed by atoms with Crippen molar-refractivity contribution >= 4 is 34.4 Å². The van der Waals surface area contributed by atoms with Crippen LogP contribution in [0.5, 0.6) is 0 Å². The Morgan fingerprint density at radius 1 is 1.20 bits per heavy atom. The van der Waals surface area contributed by atoms with E-state index in [-0.39, 0.29) is 17.9 Å². The minimum absolute atomic E-state index is 0.0810. The smallest absolute Gasteiger partial charge is 0.414 e. The van der Waals surface area contributed by atoms with Gasteiger partial charge in [-0.3, -0.25) is 20.3 Å². The number of rotatable bonds is 5. The topological polar surface area (TPSA) is 149 Å². The van der Waals surface area contributed by atoms with Crippen molar-refractivity contribution in [3.05, 3.63) is 58.9 Å². The molecule has 1 aromatic heterocycles. The van der Waals surface area contributed by atoms with E-state index in [4.69, 9.17) is 5.26 Å². The Bertz CT molecular complexity index is 1220. The molecule has 0 fully saturated rings. The zero-order valence-corrected chi connectivity index (χ0v) is 15.8. The summed E-state index contributed by atoms with van der Waals surface area (Å²) in [5, 5.41) is 14.6. The molecule has 0 unspecified atom stereocenters. The van der Waals surface area contributed by atoms with Crippen LogP contribution in [0.15, 0.2) is 58.4 Å². The number of hydrogen-bond acceptors (Lipinski definition) is 8. The molecule has 0 saturated heterocycles. The van der Waals surface area contributed by atoms with Crippen LogP contribution in [0.3, 0.4) is 0 Å². The third kappa shape index (κ3) is 4.66. The molecule has 3 N–H and O–H groups in total.